The number of hydrogen-bond acceptors (Lipinski definition) is 15. The van der Waals surface area contributed by atoms with Crippen molar-refractivity contribution in [2.45, 2.75) is 192 Å². The molecule has 3 saturated carbocycles. The number of carbonyl (C=O) groups excluding carboxylic acids is 1. The lowest BCUT2D eigenvalue weighted by atomic mass is 9.40. The fourth-order valence-electron chi connectivity index (χ4n) is 13.2. The Labute approximate surface area is 341 Å². The standard InChI is InChI=1S/C41H66O16S/c1-20(2)10-9-14-39(8)40(48)17-16-38(7)22-11-12-25-36(4,5)27(13-15-37(25,6)23(22)18-26(42)41(38,40)35(47)56-39)54-34-32(29(44)24(19-52-34)57-58(49,50)51)55-33-31(46)30(45)28(43)21(3)53-33/h18,20-22,24-34,42-46,48H,9-17,19H2,1-8H3,(H,49,50,51)/t21-,22+,24-,25+,26+,27+,28-,29+,30+,31-,32-,33+,34+,37-,38+,39+,40+,41-/m1/s1. The number of cyclic esters (lactones) is 1. The van der Waals surface area contributed by atoms with Crippen molar-refractivity contribution in [1.29, 1.82) is 0 Å². The average Bonchev–Trinajstić information content (AvgIpc) is 3.48. The number of aliphatic hydroxyl groups excluding tert-OH is 5. The van der Waals surface area contributed by atoms with Crippen molar-refractivity contribution in [1.82, 2.24) is 0 Å². The molecule has 6 fully saturated rings. The third kappa shape index (κ3) is 6.50. The minimum Gasteiger partial charge on any atom is -0.456 e. The Morgan fingerprint density at radius 1 is 0.897 bits per heavy atom. The molecule has 0 aromatic rings. The first-order chi connectivity index (χ1) is 26.8. The van der Waals surface area contributed by atoms with Gasteiger partial charge in [0.2, 0.25) is 0 Å². The van der Waals surface area contributed by atoms with Crippen LogP contribution in [0.15, 0.2) is 11.6 Å². The van der Waals surface area contributed by atoms with Gasteiger partial charge in [0.25, 0.3) is 0 Å². The lowest BCUT2D eigenvalue weighted by Crippen LogP contribution is -2.68. The zero-order valence-electron chi connectivity index (χ0n) is 34.9. The summed E-state index contributed by atoms with van der Waals surface area (Å²) >= 11 is 0. The molecule has 58 heavy (non-hydrogen) atoms. The summed E-state index contributed by atoms with van der Waals surface area (Å²) in [7, 11) is -5.03. The third-order valence-corrected chi connectivity index (χ3v) is 16.8. The average molecular weight is 847 g/mol. The summed E-state index contributed by atoms with van der Waals surface area (Å²) < 4.78 is 67.8. The second-order valence-corrected chi connectivity index (χ2v) is 21.2. The molecule has 7 N–H and O–H groups in total. The van der Waals surface area contributed by atoms with Crippen LogP contribution in [-0.2, 0) is 43.1 Å². The summed E-state index contributed by atoms with van der Waals surface area (Å²) in [6.45, 7) is 15.5. The Morgan fingerprint density at radius 2 is 1.59 bits per heavy atom. The molecule has 0 amide bonds. The van der Waals surface area contributed by atoms with Crippen LogP contribution in [0.3, 0.4) is 0 Å². The zero-order chi connectivity index (χ0) is 42.8. The van der Waals surface area contributed by atoms with Gasteiger partial charge in [-0.25, -0.2) is 4.18 Å². The summed E-state index contributed by atoms with van der Waals surface area (Å²) in [6, 6.07) is 0. The highest BCUT2D eigenvalue weighted by molar-refractivity contribution is 7.80. The Bertz CT molecular complexity index is 1720. The Balaban J connectivity index is 1.15. The lowest BCUT2D eigenvalue weighted by molar-refractivity contribution is -0.362. The zero-order valence-corrected chi connectivity index (χ0v) is 35.8. The highest BCUT2D eigenvalue weighted by atomic mass is 32.3. The van der Waals surface area contributed by atoms with Crippen molar-refractivity contribution < 1.29 is 76.3 Å². The molecule has 3 aliphatic heterocycles. The highest BCUT2D eigenvalue weighted by Gasteiger charge is 2.85. The number of esters is 1. The molecule has 17 heteroatoms. The summed E-state index contributed by atoms with van der Waals surface area (Å²) in [5, 5.41) is 67.9. The molecule has 0 unspecified atom stereocenters. The molecule has 7 rings (SSSR count). The van der Waals surface area contributed by atoms with Crippen LogP contribution in [0, 0.1) is 39.4 Å². The van der Waals surface area contributed by atoms with Crippen LogP contribution in [0.5, 0.6) is 0 Å². The van der Waals surface area contributed by atoms with Crippen molar-refractivity contribution in [2.75, 3.05) is 6.61 Å². The van der Waals surface area contributed by atoms with Gasteiger partial charge >= 0.3 is 16.4 Å². The third-order valence-electron chi connectivity index (χ3n) is 16.3. The van der Waals surface area contributed by atoms with Crippen molar-refractivity contribution in [3.63, 3.8) is 0 Å². The smallest absolute Gasteiger partial charge is 0.397 e. The van der Waals surface area contributed by atoms with Crippen LogP contribution in [0.2, 0.25) is 0 Å². The first-order valence-electron chi connectivity index (χ1n) is 21.1. The molecule has 0 radical (unpaired) electrons. The molecule has 332 valence electrons. The fourth-order valence-corrected chi connectivity index (χ4v) is 13.7. The fraction of sp³-hybridized carbons (Fsp3) is 0.927. The molecule has 4 aliphatic carbocycles. The van der Waals surface area contributed by atoms with Crippen LogP contribution >= 0.6 is 0 Å². The number of carbonyl (C=O) groups is 1. The molecule has 0 aromatic heterocycles. The number of allylic oxidation sites excluding steroid dienone is 1. The Morgan fingerprint density at radius 3 is 2.24 bits per heavy atom. The normalized spacial score (nSPS) is 51.3. The first kappa shape index (κ1) is 44.7. The second kappa shape index (κ2) is 14.9. The van der Waals surface area contributed by atoms with Gasteiger partial charge in [0.1, 0.15) is 53.2 Å². The predicted molar refractivity (Wildman–Crippen MR) is 204 cm³/mol. The molecule has 0 aromatic carbocycles. The molecule has 16 nitrogen and oxygen atoms in total. The summed E-state index contributed by atoms with van der Waals surface area (Å²) in [6.07, 6.45) is -8.00. The van der Waals surface area contributed by atoms with E-state index in [9.17, 15) is 48.4 Å². The molecule has 7 aliphatic rings. The van der Waals surface area contributed by atoms with Gasteiger partial charge in [-0.1, -0.05) is 59.6 Å². The molecule has 3 saturated heterocycles. The van der Waals surface area contributed by atoms with Gasteiger partial charge in [0.05, 0.1) is 24.9 Å². The monoisotopic (exact) mass is 846 g/mol. The topological polar surface area (TPSA) is 248 Å². The maximum Gasteiger partial charge on any atom is 0.397 e. The van der Waals surface area contributed by atoms with Crippen LogP contribution in [-0.4, -0.2) is 135 Å². The van der Waals surface area contributed by atoms with Gasteiger partial charge in [0.15, 0.2) is 12.6 Å². The van der Waals surface area contributed by atoms with Gasteiger partial charge in [0, 0.05) is 0 Å². The van der Waals surface area contributed by atoms with E-state index >= 15 is 0 Å². The lowest BCUT2D eigenvalue weighted by Gasteiger charge is -2.64. The van der Waals surface area contributed by atoms with Crippen LogP contribution in [0.4, 0.5) is 0 Å². The van der Waals surface area contributed by atoms with Gasteiger partial charge < -0.3 is 54.3 Å². The van der Waals surface area contributed by atoms with Crippen molar-refractivity contribution >= 4 is 16.4 Å². The summed E-state index contributed by atoms with van der Waals surface area (Å²) in [5.41, 5.74) is -4.89. The Kier molecular flexibility index (Phi) is 11.5. The van der Waals surface area contributed by atoms with E-state index in [1.54, 1.807) is 0 Å². The quantitative estimate of drug-likeness (QED) is 0.0722. The SMILES string of the molecule is CC(C)CCC[C@]1(C)OC(=O)[C@]23[C@@H](O)C=C4[C@H](CC[C@H]5C(C)(C)[C@@H](O[C@@H]6OC[C@@H](OS(=O)(=O)O)[C@H](O)[C@H]6O[C@@H]6O[C@H](C)[C@@H](O)[C@H](O)[C@H]6O)CC[C@]45C)[C@]2(C)CC[C@@]31O. The minimum absolute atomic E-state index is 0.00676. The largest absolute Gasteiger partial charge is 0.456 e. The summed E-state index contributed by atoms with van der Waals surface area (Å²) in [5.74, 6) is -0.164. The second-order valence-electron chi connectivity index (χ2n) is 20.2. The van der Waals surface area contributed by atoms with Crippen molar-refractivity contribution in [2.24, 2.45) is 39.4 Å². The number of aliphatic hydroxyl groups is 6. The first-order valence-corrected chi connectivity index (χ1v) is 22.5. The van der Waals surface area contributed by atoms with Crippen LogP contribution in [0.25, 0.3) is 0 Å². The maximum absolute atomic E-state index is 14.3. The van der Waals surface area contributed by atoms with Crippen molar-refractivity contribution in [3.05, 3.63) is 11.6 Å². The molecular formula is C41H66O16S. The van der Waals surface area contributed by atoms with E-state index in [-0.39, 0.29) is 11.8 Å². The van der Waals surface area contributed by atoms with Crippen LogP contribution < -0.4 is 0 Å². The molecule has 18 atom stereocenters. The number of rotatable bonds is 10. The van der Waals surface area contributed by atoms with Gasteiger partial charge in [-0.3, -0.25) is 9.35 Å². The van der Waals surface area contributed by atoms with E-state index in [1.807, 2.05) is 13.0 Å². The van der Waals surface area contributed by atoms with Crippen LogP contribution in [0.1, 0.15) is 113 Å². The van der Waals surface area contributed by atoms with E-state index in [4.69, 9.17) is 23.7 Å². The number of ether oxygens (including phenoxy) is 5. The molecule has 0 bridgehead atoms. The minimum atomic E-state index is -5.03. The van der Waals surface area contributed by atoms with Gasteiger partial charge in [-0.05, 0) is 99.2 Å². The highest BCUT2D eigenvalue weighted by Crippen LogP contribution is 2.77. The maximum atomic E-state index is 14.3. The Hall–Kier alpha value is -1.32. The van der Waals surface area contributed by atoms with Crippen molar-refractivity contribution in [3.8, 4) is 0 Å². The molecule has 1 spiro atoms. The van der Waals surface area contributed by atoms with E-state index in [2.05, 4.69) is 45.7 Å². The number of fused-ring (bicyclic) bond motifs is 4. The van der Waals surface area contributed by atoms with E-state index in [0.717, 1.165) is 24.8 Å². The molecule has 3 heterocycles. The number of hydrogen-bond donors (Lipinski definition) is 7. The van der Waals surface area contributed by atoms with Gasteiger partial charge in [-0.2, -0.15) is 8.42 Å². The van der Waals surface area contributed by atoms with E-state index in [1.165, 1.54) is 6.92 Å². The predicted octanol–water partition coefficient (Wildman–Crippen LogP) is 2.30. The van der Waals surface area contributed by atoms with E-state index in [0.29, 0.717) is 44.4 Å². The van der Waals surface area contributed by atoms with E-state index < -0.39 is 123 Å². The summed E-state index contributed by atoms with van der Waals surface area (Å²) in [4.78, 5) is 14.3. The van der Waals surface area contributed by atoms with Gasteiger partial charge in [-0.15, -0.1) is 0 Å². The molecular weight excluding hydrogens is 781 g/mol.